The highest BCUT2D eigenvalue weighted by atomic mass is 19.4. The highest BCUT2D eigenvalue weighted by Gasteiger charge is 2.31. The smallest absolute Gasteiger partial charge is 0.416 e. The number of nitrogens with one attached hydrogen (secondary N) is 1. The first-order valence-corrected chi connectivity index (χ1v) is 13.7. The molecule has 0 fully saturated rings. The summed E-state index contributed by atoms with van der Waals surface area (Å²) < 4.78 is 59.5. The fraction of sp³-hybridized carbons (Fsp3) is 0.464. The number of hydrogen-bond donors (Lipinski definition) is 4. The van der Waals surface area contributed by atoms with Gasteiger partial charge in [0, 0.05) is 39.0 Å². The van der Waals surface area contributed by atoms with Gasteiger partial charge in [0.2, 0.25) is 11.8 Å². The second-order valence-corrected chi connectivity index (χ2v) is 10.3. The van der Waals surface area contributed by atoms with Crippen LogP contribution in [0, 0.1) is 5.82 Å². The standard InChI is InChI=1S/C28H36BF4N5O4/c1-29-21-15-22(30)18(13-19(21)16-42-29)14-25(39)24(12-17-2-4-20(5-3-17)28(31,32)33)37-27(41)23(36)6-7-26(40)38(10-8-34)11-9-35/h2-5,13,15,23-24H,6-12,14,16,34-36H2,1H3,(H,37,41)/t23-,24+/m0/s1. The Labute approximate surface area is 242 Å². The lowest BCUT2D eigenvalue weighted by Gasteiger charge is -2.23. The molecule has 0 radical (unpaired) electrons. The van der Waals surface area contributed by atoms with Gasteiger partial charge in [0.1, 0.15) is 5.82 Å². The minimum absolute atomic E-state index is 0.0326. The van der Waals surface area contributed by atoms with Crippen LogP contribution in [0.25, 0.3) is 0 Å². The molecule has 2 amide bonds. The molecule has 2 aromatic carbocycles. The Bertz CT molecular complexity index is 1260. The summed E-state index contributed by atoms with van der Waals surface area (Å²) in [5.74, 6) is -2.17. The summed E-state index contributed by atoms with van der Waals surface area (Å²) in [5.41, 5.74) is 18.1. The van der Waals surface area contributed by atoms with E-state index in [4.69, 9.17) is 21.9 Å². The summed E-state index contributed by atoms with van der Waals surface area (Å²) >= 11 is 0. The van der Waals surface area contributed by atoms with Crippen molar-refractivity contribution in [2.45, 2.75) is 57.4 Å². The molecule has 9 nitrogen and oxygen atoms in total. The van der Waals surface area contributed by atoms with Crippen LogP contribution in [-0.4, -0.2) is 67.7 Å². The molecule has 228 valence electrons. The van der Waals surface area contributed by atoms with E-state index in [-0.39, 0.29) is 63.8 Å². The lowest BCUT2D eigenvalue weighted by atomic mass is 9.64. The van der Waals surface area contributed by atoms with E-state index in [0.29, 0.717) is 24.1 Å². The number of fused-ring (bicyclic) bond motifs is 1. The quantitative estimate of drug-likeness (QED) is 0.188. The highest BCUT2D eigenvalue weighted by molar-refractivity contribution is 6.67. The number of nitrogens with zero attached hydrogens (tertiary/aromatic N) is 1. The normalized spacial score (nSPS) is 14.3. The molecular formula is C28H36BF4N5O4. The Morgan fingerprint density at radius 2 is 1.74 bits per heavy atom. The average molecular weight is 593 g/mol. The van der Waals surface area contributed by atoms with Gasteiger partial charge in [0.05, 0.1) is 24.3 Å². The second-order valence-electron chi connectivity index (χ2n) is 10.3. The van der Waals surface area contributed by atoms with Crippen LogP contribution in [0.3, 0.4) is 0 Å². The van der Waals surface area contributed by atoms with Crippen molar-refractivity contribution >= 4 is 30.0 Å². The van der Waals surface area contributed by atoms with Crippen LogP contribution in [0.4, 0.5) is 17.6 Å². The van der Waals surface area contributed by atoms with Gasteiger partial charge in [-0.3, -0.25) is 14.4 Å². The summed E-state index contributed by atoms with van der Waals surface area (Å²) in [7, 11) is 0. The lowest BCUT2D eigenvalue weighted by Crippen LogP contribution is -2.50. The van der Waals surface area contributed by atoms with E-state index in [1.54, 1.807) is 12.9 Å². The Morgan fingerprint density at radius 3 is 2.33 bits per heavy atom. The Hall–Kier alpha value is -3.33. The van der Waals surface area contributed by atoms with Crippen LogP contribution in [0.1, 0.15) is 35.1 Å². The number of halogens is 4. The van der Waals surface area contributed by atoms with E-state index in [9.17, 15) is 31.9 Å². The maximum absolute atomic E-state index is 14.9. The van der Waals surface area contributed by atoms with E-state index < -0.39 is 41.3 Å². The van der Waals surface area contributed by atoms with Gasteiger partial charge in [-0.1, -0.05) is 25.0 Å². The molecule has 0 aliphatic carbocycles. The molecule has 0 bridgehead atoms. The number of hydrogen-bond acceptors (Lipinski definition) is 7. The number of benzene rings is 2. The molecule has 0 saturated carbocycles. The zero-order valence-corrected chi connectivity index (χ0v) is 23.4. The fourth-order valence-corrected chi connectivity index (χ4v) is 4.77. The zero-order valence-electron chi connectivity index (χ0n) is 23.4. The number of ketones is 1. The van der Waals surface area contributed by atoms with Crippen molar-refractivity contribution < 1.29 is 36.6 Å². The van der Waals surface area contributed by atoms with Gasteiger partial charge in [-0.25, -0.2) is 4.39 Å². The van der Waals surface area contributed by atoms with Gasteiger partial charge < -0.3 is 32.1 Å². The number of alkyl halides is 3. The van der Waals surface area contributed by atoms with Crippen LogP contribution >= 0.6 is 0 Å². The van der Waals surface area contributed by atoms with Gasteiger partial charge in [0.25, 0.3) is 0 Å². The maximum atomic E-state index is 14.9. The Morgan fingerprint density at radius 1 is 1.10 bits per heavy atom. The van der Waals surface area contributed by atoms with Crippen LogP contribution in [0.2, 0.25) is 6.82 Å². The maximum Gasteiger partial charge on any atom is 0.416 e. The van der Waals surface area contributed by atoms with Crippen LogP contribution in [-0.2, 0) is 44.7 Å². The summed E-state index contributed by atoms with van der Waals surface area (Å²) in [4.78, 5) is 40.4. The van der Waals surface area contributed by atoms with Crippen LogP contribution in [0.15, 0.2) is 36.4 Å². The molecule has 1 aliphatic heterocycles. The van der Waals surface area contributed by atoms with Crippen molar-refractivity contribution in [2.75, 3.05) is 26.2 Å². The second kappa shape index (κ2) is 14.7. The third-order valence-electron chi connectivity index (χ3n) is 7.18. The monoisotopic (exact) mass is 593 g/mol. The highest BCUT2D eigenvalue weighted by Crippen LogP contribution is 2.29. The van der Waals surface area contributed by atoms with Crippen LogP contribution < -0.4 is 28.0 Å². The largest absolute Gasteiger partial charge is 0.427 e. The molecule has 1 aliphatic rings. The molecule has 7 N–H and O–H groups in total. The lowest BCUT2D eigenvalue weighted by molar-refractivity contribution is -0.137. The molecule has 14 heteroatoms. The number of amides is 2. The third-order valence-corrected chi connectivity index (χ3v) is 7.18. The van der Waals surface area contributed by atoms with Gasteiger partial charge >= 0.3 is 13.1 Å². The van der Waals surface area contributed by atoms with Crippen molar-refractivity contribution in [3.63, 3.8) is 0 Å². The summed E-state index contributed by atoms with van der Waals surface area (Å²) in [6.45, 7) is 2.85. The Balaban J connectivity index is 1.75. The molecule has 1 heterocycles. The van der Waals surface area contributed by atoms with Crippen molar-refractivity contribution in [3.05, 3.63) is 64.5 Å². The Kier molecular flexibility index (Phi) is 11.6. The number of rotatable bonds is 14. The van der Waals surface area contributed by atoms with Crippen molar-refractivity contribution in [1.29, 1.82) is 0 Å². The van der Waals surface area contributed by atoms with Gasteiger partial charge in [-0.2, -0.15) is 13.2 Å². The number of carbonyl (C=O) groups is 3. The van der Waals surface area contributed by atoms with E-state index in [1.807, 2.05) is 0 Å². The fourth-order valence-electron chi connectivity index (χ4n) is 4.77. The molecule has 0 aromatic heterocycles. The first-order chi connectivity index (χ1) is 19.8. The molecule has 0 saturated heterocycles. The number of Topliss-reactive ketones (excluding diaryl/α,β-unsaturated/α-hetero) is 1. The minimum Gasteiger partial charge on any atom is -0.427 e. The zero-order chi connectivity index (χ0) is 31.0. The molecule has 42 heavy (non-hydrogen) atoms. The van der Waals surface area contributed by atoms with E-state index in [2.05, 4.69) is 5.32 Å². The minimum atomic E-state index is -4.54. The molecule has 3 rings (SSSR count). The summed E-state index contributed by atoms with van der Waals surface area (Å²) in [6.07, 6.45) is -5.16. The first kappa shape index (κ1) is 33.2. The van der Waals surface area contributed by atoms with E-state index in [1.165, 1.54) is 23.1 Å². The van der Waals surface area contributed by atoms with E-state index >= 15 is 0 Å². The van der Waals surface area contributed by atoms with Crippen molar-refractivity contribution in [1.82, 2.24) is 10.2 Å². The SMILES string of the molecule is CB1OCc2cc(CC(=O)[C@@H](Cc3ccc(C(F)(F)F)cc3)NC(=O)[C@@H](N)CCC(=O)N(CCN)CCN)c(F)cc21. The van der Waals surface area contributed by atoms with Gasteiger partial charge in [-0.15, -0.1) is 0 Å². The van der Waals surface area contributed by atoms with E-state index in [0.717, 1.165) is 17.7 Å². The van der Waals surface area contributed by atoms with Crippen LogP contribution in [0.5, 0.6) is 0 Å². The first-order valence-electron chi connectivity index (χ1n) is 13.7. The summed E-state index contributed by atoms with van der Waals surface area (Å²) in [6, 6.07) is 4.68. The molecule has 0 spiro atoms. The number of carbonyl (C=O) groups excluding carboxylic acids is 3. The topological polar surface area (TPSA) is 154 Å². The van der Waals surface area contributed by atoms with Crippen molar-refractivity contribution in [3.8, 4) is 0 Å². The van der Waals surface area contributed by atoms with Gasteiger partial charge in [-0.05, 0) is 53.2 Å². The predicted octanol–water partition coefficient (Wildman–Crippen LogP) is 0.896. The third kappa shape index (κ3) is 8.84. The molecule has 2 aromatic rings. The number of nitrogens with two attached hydrogens (primary N) is 3. The van der Waals surface area contributed by atoms with Crippen molar-refractivity contribution in [2.24, 2.45) is 17.2 Å². The summed E-state index contributed by atoms with van der Waals surface area (Å²) in [5, 5.41) is 2.56. The van der Waals surface area contributed by atoms with Gasteiger partial charge in [0.15, 0.2) is 5.78 Å². The molecule has 2 atom stereocenters. The molecule has 0 unspecified atom stereocenters. The predicted molar refractivity (Wildman–Crippen MR) is 150 cm³/mol. The molecular weight excluding hydrogens is 557 g/mol. The average Bonchev–Trinajstić information content (AvgIpc) is 3.29.